The van der Waals surface area contributed by atoms with Crippen LogP contribution in [0, 0.1) is 5.92 Å². The SMILES string of the molecule is COc1ccc(CCN2C(=O)N[C@@H](CCC(=O)NC[C@H]3CCCN4CCCC[C@H]34)C2=O)cc1. The molecule has 3 heterocycles. The number of carbonyl (C=O) groups excluding carboxylic acids is 3. The first-order chi connectivity index (χ1) is 16.0. The summed E-state index contributed by atoms with van der Waals surface area (Å²) in [7, 11) is 1.61. The van der Waals surface area contributed by atoms with Crippen LogP contribution in [0.1, 0.15) is 50.5 Å². The van der Waals surface area contributed by atoms with E-state index in [0.29, 0.717) is 37.9 Å². The van der Waals surface area contributed by atoms with Gasteiger partial charge in [0.15, 0.2) is 0 Å². The average molecular weight is 457 g/mol. The highest BCUT2D eigenvalue weighted by Gasteiger charge is 2.38. The van der Waals surface area contributed by atoms with Crippen molar-refractivity contribution in [2.24, 2.45) is 5.92 Å². The number of rotatable bonds is 9. The molecule has 8 nitrogen and oxygen atoms in total. The topological polar surface area (TPSA) is 91.0 Å². The minimum Gasteiger partial charge on any atom is -0.497 e. The Balaban J connectivity index is 1.19. The van der Waals surface area contributed by atoms with E-state index >= 15 is 0 Å². The van der Waals surface area contributed by atoms with Gasteiger partial charge in [-0.25, -0.2) is 4.79 Å². The number of ether oxygens (including phenoxy) is 1. The van der Waals surface area contributed by atoms with E-state index in [2.05, 4.69) is 15.5 Å². The molecule has 8 heteroatoms. The first kappa shape index (κ1) is 23.5. The molecule has 0 aliphatic carbocycles. The summed E-state index contributed by atoms with van der Waals surface area (Å²) in [6, 6.07) is 7.18. The van der Waals surface area contributed by atoms with Crippen molar-refractivity contribution in [3.63, 3.8) is 0 Å². The van der Waals surface area contributed by atoms with Crippen molar-refractivity contribution in [3.8, 4) is 5.75 Å². The lowest BCUT2D eigenvalue weighted by Crippen LogP contribution is -2.51. The van der Waals surface area contributed by atoms with Crippen LogP contribution in [0.15, 0.2) is 24.3 Å². The van der Waals surface area contributed by atoms with Gasteiger partial charge in [0.25, 0.3) is 5.91 Å². The van der Waals surface area contributed by atoms with Crippen LogP contribution in [0.4, 0.5) is 4.79 Å². The van der Waals surface area contributed by atoms with E-state index in [1.165, 1.54) is 50.1 Å². The van der Waals surface area contributed by atoms with Crippen molar-refractivity contribution in [2.45, 2.75) is 63.5 Å². The monoisotopic (exact) mass is 456 g/mol. The molecular formula is C25H36N4O4. The molecule has 0 radical (unpaired) electrons. The Labute approximate surface area is 196 Å². The van der Waals surface area contributed by atoms with Gasteiger partial charge in [0.2, 0.25) is 5.91 Å². The summed E-state index contributed by atoms with van der Waals surface area (Å²) in [5, 5.41) is 5.83. The van der Waals surface area contributed by atoms with Crippen LogP contribution in [-0.4, -0.2) is 73.0 Å². The van der Waals surface area contributed by atoms with Gasteiger partial charge in [0.1, 0.15) is 11.8 Å². The van der Waals surface area contributed by atoms with Crippen LogP contribution in [-0.2, 0) is 16.0 Å². The molecule has 4 amide bonds. The molecule has 3 saturated heterocycles. The Morgan fingerprint density at radius 2 is 1.91 bits per heavy atom. The minimum atomic E-state index is -0.623. The van der Waals surface area contributed by atoms with Gasteiger partial charge in [-0.05, 0) is 75.2 Å². The number of carbonyl (C=O) groups is 3. The Bertz CT molecular complexity index is 841. The Morgan fingerprint density at radius 3 is 2.70 bits per heavy atom. The van der Waals surface area contributed by atoms with Gasteiger partial charge in [-0.1, -0.05) is 18.6 Å². The first-order valence-electron chi connectivity index (χ1n) is 12.3. The third-order valence-electron chi connectivity index (χ3n) is 7.34. The summed E-state index contributed by atoms with van der Waals surface area (Å²) in [4.78, 5) is 41.3. The number of urea groups is 1. The number of amides is 4. The average Bonchev–Trinajstić information content (AvgIpc) is 3.12. The number of hydrogen-bond acceptors (Lipinski definition) is 5. The van der Waals surface area contributed by atoms with Crippen LogP contribution in [0.2, 0.25) is 0 Å². The van der Waals surface area contributed by atoms with Crippen molar-refractivity contribution in [3.05, 3.63) is 29.8 Å². The highest BCUT2D eigenvalue weighted by molar-refractivity contribution is 6.04. The summed E-state index contributed by atoms with van der Waals surface area (Å²) in [6.45, 7) is 3.40. The third kappa shape index (κ3) is 5.85. The van der Waals surface area contributed by atoms with Gasteiger partial charge in [0.05, 0.1) is 7.11 Å². The highest BCUT2D eigenvalue weighted by atomic mass is 16.5. The van der Waals surface area contributed by atoms with Crippen molar-refractivity contribution in [2.75, 3.05) is 33.3 Å². The molecule has 0 saturated carbocycles. The lowest BCUT2D eigenvalue weighted by molar-refractivity contribution is -0.127. The van der Waals surface area contributed by atoms with Gasteiger partial charge < -0.3 is 20.3 Å². The number of imide groups is 1. The van der Waals surface area contributed by atoms with Gasteiger partial charge in [0, 0.05) is 25.6 Å². The minimum absolute atomic E-state index is 0.0401. The summed E-state index contributed by atoms with van der Waals surface area (Å²) in [5.41, 5.74) is 1.03. The number of nitrogens with one attached hydrogen (secondary N) is 2. The Kier molecular flexibility index (Phi) is 7.85. The second-order valence-electron chi connectivity index (χ2n) is 9.43. The van der Waals surface area contributed by atoms with Crippen LogP contribution < -0.4 is 15.4 Å². The summed E-state index contributed by atoms with van der Waals surface area (Å²) in [5.74, 6) is 1.00. The maximum Gasteiger partial charge on any atom is 0.324 e. The zero-order valence-corrected chi connectivity index (χ0v) is 19.6. The fraction of sp³-hybridized carbons (Fsp3) is 0.640. The molecular weight excluding hydrogens is 420 g/mol. The highest BCUT2D eigenvalue weighted by Crippen LogP contribution is 2.30. The maximum atomic E-state index is 12.7. The molecule has 2 N–H and O–H groups in total. The fourth-order valence-electron chi connectivity index (χ4n) is 5.44. The molecule has 3 fully saturated rings. The molecule has 33 heavy (non-hydrogen) atoms. The van der Waals surface area contributed by atoms with Crippen LogP contribution in [0.25, 0.3) is 0 Å². The predicted molar refractivity (Wildman–Crippen MR) is 125 cm³/mol. The zero-order valence-electron chi connectivity index (χ0n) is 19.6. The molecule has 1 aromatic rings. The number of fused-ring (bicyclic) bond motifs is 1. The zero-order chi connectivity index (χ0) is 23.2. The van der Waals surface area contributed by atoms with E-state index in [1.54, 1.807) is 7.11 Å². The van der Waals surface area contributed by atoms with Crippen LogP contribution >= 0.6 is 0 Å². The van der Waals surface area contributed by atoms with Gasteiger partial charge in [-0.2, -0.15) is 0 Å². The number of benzene rings is 1. The molecule has 3 aliphatic rings. The van der Waals surface area contributed by atoms with Crippen molar-refractivity contribution in [1.29, 1.82) is 0 Å². The smallest absolute Gasteiger partial charge is 0.324 e. The summed E-state index contributed by atoms with van der Waals surface area (Å²) < 4.78 is 5.15. The Morgan fingerprint density at radius 1 is 1.12 bits per heavy atom. The first-order valence-corrected chi connectivity index (χ1v) is 12.3. The van der Waals surface area contributed by atoms with Crippen molar-refractivity contribution < 1.29 is 19.1 Å². The summed E-state index contributed by atoms with van der Waals surface area (Å²) >= 11 is 0. The molecule has 3 aliphatic heterocycles. The number of methoxy groups -OCH3 is 1. The normalized spacial score (nSPS) is 25.5. The number of nitrogens with zero attached hydrogens (tertiary/aromatic N) is 2. The van der Waals surface area contributed by atoms with E-state index in [1.807, 2.05) is 24.3 Å². The number of piperidine rings is 2. The third-order valence-corrected chi connectivity index (χ3v) is 7.34. The van der Waals surface area contributed by atoms with E-state index < -0.39 is 6.04 Å². The van der Waals surface area contributed by atoms with Crippen molar-refractivity contribution in [1.82, 2.24) is 20.4 Å². The molecule has 0 bridgehead atoms. The molecule has 0 unspecified atom stereocenters. The standard InChI is InChI=1S/C25H36N4O4/c1-33-20-9-7-18(8-10-20)13-16-29-24(31)21(27-25(29)32)11-12-23(30)26-17-19-5-4-15-28-14-3-2-6-22(19)28/h7-10,19,21-22H,2-6,11-17H2,1H3,(H,26,30)(H,27,32)/t19-,21+,22-/m1/s1. The molecule has 1 aromatic carbocycles. The van der Waals surface area contributed by atoms with E-state index in [9.17, 15) is 14.4 Å². The maximum absolute atomic E-state index is 12.7. The van der Waals surface area contributed by atoms with E-state index in [-0.39, 0.29) is 24.3 Å². The van der Waals surface area contributed by atoms with Crippen LogP contribution in [0.5, 0.6) is 5.75 Å². The quantitative estimate of drug-likeness (QED) is 0.557. The predicted octanol–water partition coefficient (Wildman–Crippen LogP) is 2.32. The Hall–Kier alpha value is -2.61. The molecule has 0 spiro atoms. The van der Waals surface area contributed by atoms with E-state index in [0.717, 1.165) is 11.3 Å². The molecule has 0 aromatic heterocycles. The van der Waals surface area contributed by atoms with Crippen LogP contribution in [0.3, 0.4) is 0 Å². The molecule has 3 atom stereocenters. The van der Waals surface area contributed by atoms with Gasteiger partial charge in [-0.15, -0.1) is 0 Å². The van der Waals surface area contributed by atoms with Gasteiger partial charge in [-0.3, -0.25) is 14.5 Å². The molecule has 4 rings (SSSR count). The van der Waals surface area contributed by atoms with Crippen molar-refractivity contribution >= 4 is 17.8 Å². The molecule has 180 valence electrons. The second-order valence-corrected chi connectivity index (χ2v) is 9.43. The lowest BCUT2D eigenvalue weighted by Gasteiger charge is -2.44. The fourth-order valence-corrected chi connectivity index (χ4v) is 5.44. The lowest BCUT2D eigenvalue weighted by atomic mass is 9.83. The summed E-state index contributed by atoms with van der Waals surface area (Å²) in [6.07, 6.45) is 7.32. The second kappa shape index (κ2) is 11.0. The van der Waals surface area contributed by atoms with E-state index in [4.69, 9.17) is 4.74 Å². The number of hydrogen-bond donors (Lipinski definition) is 2. The van der Waals surface area contributed by atoms with Gasteiger partial charge >= 0.3 is 6.03 Å². The largest absolute Gasteiger partial charge is 0.497 e.